The van der Waals surface area contributed by atoms with Crippen molar-refractivity contribution < 1.29 is 4.79 Å². The predicted molar refractivity (Wildman–Crippen MR) is 95.0 cm³/mol. The van der Waals surface area contributed by atoms with Crippen LogP contribution in [0.4, 0.5) is 0 Å². The number of ketones is 1. The topological polar surface area (TPSA) is 58.7 Å². The molecule has 2 heterocycles. The van der Waals surface area contributed by atoms with Gasteiger partial charge in [-0.2, -0.15) is 5.26 Å². The number of hydrogen-bond acceptors (Lipinski definition) is 4. The number of aromatic nitrogens is 2. The van der Waals surface area contributed by atoms with Gasteiger partial charge in [0, 0.05) is 28.5 Å². The van der Waals surface area contributed by atoms with Crippen molar-refractivity contribution in [3.63, 3.8) is 0 Å². The van der Waals surface area contributed by atoms with Crippen molar-refractivity contribution >= 4 is 34.8 Å². The van der Waals surface area contributed by atoms with E-state index in [4.69, 9.17) is 11.6 Å². The second kappa shape index (κ2) is 7.26. The number of benzene rings is 1. The molecule has 0 N–H and O–H groups in total. The van der Waals surface area contributed by atoms with Gasteiger partial charge in [-0.25, -0.2) is 4.98 Å². The molecule has 24 heavy (non-hydrogen) atoms. The number of carbonyl (C=O) groups excluding carboxylic acids is 1. The maximum atomic E-state index is 12.4. The molecule has 3 rings (SSSR count). The summed E-state index contributed by atoms with van der Waals surface area (Å²) in [5.41, 5.74) is 1.38. The average Bonchev–Trinajstić information content (AvgIpc) is 3.22. The van der Waals surface area contributed by atoms with Gasteiger partial charge in [0.15, 0.2) is 4.47 Å². The molecule has 0 aliphatic carbocycles. The zero-order chi connectivity index (χ0) is 16.9. The van der Waals surface area contributed by atoms with Crippen molar-refractivity contribution in [2.24, 2.45) is 0 Å². The second-order valence-corrected chi connectivity index (χ2v) is 6.70. The normalized spacial score (nSPS) is 11.2. The summed E-state index contributed by atoms with van der Waals surface area (Å²) in [6.07, 6.45) is 5.22. The fraction of sp³-hybridized carbons (Fsp3) is 0.0556. The number of thiazole rings is 1. The maximum Gasteiger partial charge on any atom is 0.203 e. The largest absolute Gasteiger partial charge is 0.343 e. The van der Waals surface area contributed by atoms with Crippen molar-refractivity contribution in [1.29, 1.82) is 5.26 Å². The highest BCUT2D eigenvalue weighted by atomic mass is 35.5. The first-order valence-electron chi connectivity index (χ1n) is 7.14. The summed E-state index contributed by atoms with van der Waals surface area (Å²) in [6, 6.07) is 14.5. The summed E-state index contributed by atoms with van der Waals surface area (Å²) in [6.45, 7) is 0.585. The summed E-state index contributed by atoms with van der Waals surface area (Å²) in [4.78, 5) is 17.5. The summed E-state index contributed by atoms with van der Waals surface area (Å²) in [7, 11) is 0. The molecule has 6 heteroatoms. The number of hydrogen-bond donors (Lipinski definition) is 0. The zero-order valence-corrected chi connectivity index (χ0v) is 14.1. The van der Waals surface area contributed by atoms with Crippen molar-refractivity contribution in [3.8, 4) is 6.07 Å². The molecular formula is C18H12ClN3OS. The minimum atomic E-state index is -0.285. The molecule has 1 aromatic carbocycles. The van der Waals surface area contributed by atoms with Gasteiger partial charge in [-0.3, -0.25) is 4.79 Å². The van der Waals surface area contributed by atoms with Crippen LogP contribution < -0.4 is 0 Å². The van der Waals surface area contributed by atoms with Gasteiger partial charge in [0.1, 0.15) is 11.6 Å². The second-order valence-electron chi connectivity index (χ2n) is 5.01. The molecule has 0 amide bonds. The Bertz CT molecular complexity index is 935. The molecular weight excluding hydrogens is 342 g/mol. The summed E-state index contributed by atoms with van der Waals surface area (Å²) >= 11 is 7.26. The number of rotatable bonds is 5. The molecule has 0 spiro atoms. The number of nitrogens with zero attached hydrogens (tertiary/aromatic N) is 3. The lowest BCUT2D eigenvalue weighted by Gasteiger charge is -2.05. The van der Waals surface area contributed by atoms with E-state index in [-0.39, 0.29) is 11.4 Å². The molecule has 118 valence electrons. The molecule has 0 unspecified atom stereocenters. The van der Waals surface area contributed by atoms with Crippen LogP contribution in [-0.2, 0) is 6.54 Å². The predicted octanol–water partition coefficient (Wildman–Crippen LogP) is 4.44. The van der Waals surface area contributed by atoms with Crippen molar-refractivity contribution in [2.75, 3.05) is 0 Å². The van der Waals surface area contributed by atoms with Crippen LogP contribution in [0.3, 0.4) is 0 Å². The Balaban J connectivity index is 1.88. The molecule has 4 nitrogen and oxygen atoms in total. The Labute approximate surface area is 148 Å². The Morgan fingerprint density at radius 1 is 1.29 bits per heavy atom. The SMILES string of the molecule is N#C/C(=C\c1cccn1Cc1cnc(Cl)s1)C(=O)c1ccccc1. The minimum absolute atomic E-state index is 0.100. The molecule has 0 bridgehead atoms. The van der Waals surface area contributed by atoms with Gasteiger partial charge in [-0.15, -0.1) is 11.3 Å². The van der Waals surface area contributed by atoms with Gasteiger partial charge in [0.05, 0.1) is 6.54 Å². The quantitative estimate of drug-likeness (QED) is 0.387. The third-order valence-electron chi connectivity index (χ3n) is 3.41. The van der Waals surface area contributed by atoms with Crippen molar-refractivity contribution in [2.45, 2.75) is 6.54 Å². The molecule has 3 aromatic rings. The fourth-order valence-electron chi connectivity index (χ4n) is 2.27. The number of nitriles is 1. The molecule has 0 aliphatic heterocycles. The Morgan fingerprint density at radius 3 is 2.75 bits per heavy atom. The summed E-state index contributed by atoms with van der Waals surface area (Å²) in [5.74, 6) is -0.285. The van der Waals surface area contributed by atoms with Crippen LogP contribution in [0.1, 0.15) is 20.9 Å². The van der Waals surface area contributed by atoms with Crippen LogP contribution in [0.15, 0.2) is 60.4 Å². The zero-order valence-electron chi connectivity index (χ0n) is 12.5. The number of halogens is 1. The lowest BCUT2D eigenvalue weighted by atomic mass is 10.0. The number of carbonyl (C=O) groups is 1. The van der Waals surface area contributed by atoms with E-state index in [2.05, 4.69) is 4.98 Å². The van der Waals surface area contributed by atoms with E-state index in [1.165, 1.54) is 11.3 Å². The van der Waals surface area contributed by atoms with E-state index in [0.29, 0.717) is 16.6 Å². The molecule has 0 atom stereocenters. The molecule has 0 saturated heterocycles. The van der Waals surface area contributed by atoms with Crippen LogP contribution in [0.5, 0.6) is 0 Å². The highest BCUT2D eigenvalue weighted by Gasteiger charge is 2.13. The molecule has 0 fully saturated rings. The van der Waals surface area contributed by atoms with Crippen molar-refractivity contribution in [3.05, 3.63) is 81.0 Å². The van der Waals surface area contributed by atoms with E-state index in [0.717, 1.165) is 10.6 Å². The third-order valence-corrected chi connectivity index (χ3v) is 4.51. The molecule has 2 aromatic heterocycles. The Hall–Kier alpha value is -2.68. The standard InChI is InChI=1S/C18H12ClN3OS/c19-18-21-11-16(24-18)12-22-8-4-7-15(22)9-14(10-20)17(23)13-5-2-1-3-6-13/h1-9,11H,12H2/b14-9+. The van der Waals surface area contributed by atoms with E-state index >= 15 is 0 Å². The van der Waals surface area contributed by atoms with E-state index in [1.54, 1.807) is 36.5 Å². The molecule has 0 radical (unpaired) electrons. The first kappa shape index (κ1) is 16.2. The third kappa shape index (κ3) is 3.62. The fourth-order valence-corrected chi connectivity index (χ4v) is 3.25. The maximum absolute atomic E-state index is 12.4. The number of allylic oxidation sites excluding steroid dienone is 1. The van der Waals surface area contributed by atoms with Crippen molar-refractivity contribution in [1.82, 2.24) is 9.55 Å². The van der Waals surface area contributed by atoms with Crippen LogP contribution >= 0.6 is 22.9 Å². The Kier molecular flexibility index (Phi) is 4.90. The van der Waals surface area contributed by atoms with Gasteiger partial charge in [0.25, 0.3) is 0 Å². The van der Waals surface area contributed by atoms with E-state index < -0.39 is 0 Å². The Morgan fingerprint density at radius 2 is 2.08 bits per heavy atom. The lowest BCUT2D eigenvalue weighted by molar-refractivity contribution is 0.104. The summed E-state index contributed by atoms with van der Waals surface area (Å²) in [5, 5.41) is 9.37. The van der Waals surface area contributed by atoms with Crippen LogP contribution in [0.2, 0.25) is 4.47 Å². The van der Waals surface area contributed by atoms with Gasteiger partial charge in [-0.1, -0.05) is 41.9 Å². The first-order chi connectivity index (χ1) is 11.7. The average molecular weight is 354 g/mol. The van der Waals surface area contributed by atoms with Gasteiger partial charge < -0.3 is 4.57 Å². The summed E-state index contributed by atoms with van der Waals surface area (Å²) < 4.78 is 2.44. The smallest absolute Gasteiger partial charge is 0.203 e. The highest BCUT2D eigenvalue weighted by molar-refractivity contribution is 7.15. The lowest BCUT2D eigenvalue weighted by Crippen LogP contribution is -2.04. The molecule has 0 aliphatic rings. The monoisotopic (exact) mass is 353 g/mol. The van der Waals surface area contributed by atoms with Crippen LogP contribution in [0.25, 0.3) is 6.08 Å². The van der Waals surface area contributed by atoms with E-state index in [9.17, 15) is 10.1 Å². The van der Waals surface area contributed by atoms with Gasteiger partial charge in [0.2, 0.25) is 5.78 Å². The van der Waals surface area contributed by atoms with E-state index in [1.807, 2.05) is 35.0 Å². The number of Topliss-reactive ketones (excluding diaryl/α,β-unsaturated/α-hetero) is 1. The first-order valence-corrected chi connectivity index (χ1v) is 8.33. The minimum Gasteiger partial charge on any atom is -0.343 e. The van der Waals surface area contributed by atoms with Crippen LogP contribution in [0, 0.1) is 11.3 Å². The highest BCUT2D eigenvalue weighted by Crippen LogP contribution is 2.20. The van der Waals surface area contributed by atoms with Gasteiger partial charge in [-0.05, 0) is 18.2 Å². The molecule has 0 saturated carbocycles. The van der Waals surface area contributed by atoms with Crippen LogP contribution in [-0.4, -0.2) is 15.3 Å². The van der Waals surface area contributed by atoms with Gasteiger partial charge >= 0.3 is 0 Å².